The second kappa shape index (κ2) is 28.4. The Morgan fingerprint density at radius 2 is 1.05 bits per heavy atom. The van der Waals surface area contributed by atoms with Crippen LogP contribution in [0, 0.1) is 45.6 Å². The van der Waals surface area contributed by atoms with E-state index in [1.165, 1.54) is 0 Å². The molecule has 1 heterocycles. The van der Waals surface area contributed by atoms with E-state index >= 15 is 0 Å². The number of hydrogen-bond donors (Lipinski definition) is 6. The van der Waals surface area contributed by atoms with E-state index in [1.807, 2.05) is 41.5 Å². The quantitative estimate of drug-likeness (QED) is 0.0679. The fourth-order valence-corrected chi connectivity index (χ4v) is 2.15. The number of carboxylic acids is 3. The number of carbonyl (C=O) groups excluding carboxylic acids is 2. The summed E-state index contributed by atoms with van der Waals surface area (Å²) in [6, 6.07) is -0.713. The Morgan fingerprint density at radius 3 is 1.12 bits per heavy atom. The number of carboxylic acid groups (broad SMARTS) is 3. The number of hydrogen-bond acceptors (Lipinski definition) is 11. The van der Waals surface area contributed by atoms with Crippen LogP contribution >= 0.6 is 0 Å². The van der Waals surface area contributed by atoms with Gasteiger partial charge in [-0.15, -0.1) is 0 Å². The molecule has 1 aliphatic rings. The summed E-state index contributed by atoms with van der Waals surface area (Å²) in [5.41, 5.74) is 5.16. The van der Waals surface area contributed by atoms with Gasteiger partial charge in [0.05, 0.1) is 5.92 Å². The molecule has 9 N–H and O–H groups in total. The summed E-state index contributed by atoms with van der Waals surface area (Å²) < 4.78 is 10.0. The molecule has 250 valence electrons. The van der Waals surface area contributed by atoms with Crippen molar-refractivity contribution in [1.29, 1.82) is 0 Å². The third-order valence-electron chi connectivity index (χ3n) is 5.44. The molecule has 1 saturated heterocycles. The molecule has 1 rings (SSSR count). The van der Waals surface area contributed by atoms with Crippen LogP contribution in [0.25, 0.3) is 0 Å². The molecule has 16 nitrogen and oxygen atoms in total. The van der Waals surface area contributed by atoms with Crippen molar-refractivity contribution < 1.29 is 95.7 Å². The predicted octanol–water partition coefficient (Wildman–Crippen LogP) is -2.74. The molecule has 1 fully saturated rings. The molecular weight excluding hydrogens is 587 g/mol. The Morgan fingerprint density at radius 1 is 0.744 bits per heavy atom. The van der Waals surface area contributed by atoms with Crippen LogP contribution < -0.4 is 40.6 Å². The fraction of sp³-hybridized carbons (Fsp3) is 0.808. The summed E-state index contributed by atoms with van der Waals surface area (Å²) in [4.78, 5) is 61.0. The van der Waals surface area contributed by atoms with Crippen molar-refractivity contribution in [3.63, 3.8) is 0 Å². The van der Waals surface area contributed by atoms with Gasteiger partial charge in [-0.1, -0.05) is 76.2 Å². The maximum atomic E-state index is 11.4. The molecule has 0 spiro atoms. The number of carbonyl (C=O) groups is 5. The van der Waals surface area contributed by atoms with Crippen molar-refractivity contribution in [1.82, 2.24) is 0 Å². The zero-order valence-electron chi connectivity index (χ0n) is 28.3. The molecule has 0 radical (unpaired) electrons. The van der Waals surface area contributed by atoms with Crippen LogP contribution in [-0.4, -0.2) is 80.1 Å². The molecule has 1 aliphatic heterocycles. The van der Waals surface area contributed by atoms with Crippen molar-refractivity contribution >= 4 is 29.8 Å². The molecule has 0 aromatic heterocycles. The van der Waals surface area contributed by atoms with E-state index in [-0.39, 0.29) is 77.3 Å². The third-order valence-corrected chi connectivity index (χ3v) is 5.44. The van der Waals surface area contributed by atoms with Gasteiger partial charge in [0.25, 0.3) is 0 Å². The Hall–Kier alpha value is -2.37. The maximum absolute atomic E-state index is 11.4. The molecular formula is C26H53N2NaO14+2. The number of rotatable bonds is 8. The first-order chi connectivity index (χ1) is 18.5. The standard InChI is InChI=1S/C10H16O4.C6H12O2.C5H11NO2.C5H10O3.HNO2.Na.H2O/c1-5(2)7-9(11)14-8(6(3)4)10(12)13-7;1-4(2)5(3)6(7)8;2*1-3(2)4(6)5(7)8;2-1-3;;/h5-8H,1-4H3;4-5H,1-3H3,(H,7,8);3-4H,6H2,1-2H3,(H,7,8);3-4,6H,1-2H3,(H,7,8);1H;;1H2/q;;;;;+1;/p+1/t7-,8-;5-;2*4-;;;/m1111.../s1. The van der Waals surface area contributed by atoms with Gasteiger partial charge in [0.1, 0.15) is 6.04 Å². The topological polar surface area (TPSA) is 296 Å². The smallest absolute Gasteiger partial charge is 0.481 e. The van der Waals surface area contributed by atoms with Gasteiger partial charge in [0.15, 0.2) is 6.10 Å². The van der Waals surface area contributed by atoms with Crippen LogP contribution in [0.5, 0.6) is 0 Å². The monoisotopic (exact) mass is 640 g/mol. The van der Waals surface area contributed by atoms with Crippen LogP contribution in [-0.2, 0) is 33.4 Å². The summed E-state index contributed by atoms with van der Waals surface area (Å²) in [6.07, 6.45) is -2.69. The Balaban J connectivity index is -0.0000000813. The Labute approximate surface area is 276 Å². The van der Waals surface area contributed by atoms with E-state index < -0.39 is 54.2 Å². The Bertz CT molecular complexity index is 731. The van der Waals surface area contributed by atoms with Gasteiger partial charge in [-0.25, -0.2) is 14.4 Å². The van der Waals surface area contributed by atoms with E-state index in [1.54, 1.807) is 34.6 Å². The van der Waals surface area contributed by atoms with E-state index in [9.17, 15) is 24.0 Å². The van der Waals surface area contributed by atoms with Crippen LogP contribution in [0.3, 0.4) is 0 Å². The maximum Gasteiger partial charge on any atom is 1.00 e. The van der Waals surface area contributed by atoms with E-state index in [4.69, 9.17) is 45.7 Å². The minimum absolute atomic E-state index is 0. The number of cyclic esters (lactones) is 2. The molecule has 5 atom stereocenters. The number of nitrogens with two attached hydrogens (primary N) is 1. The van der Waals surface area contributed by atoms with Crippen LogP contribution in [0.2, 0.25) is 0 Å². The first-order valence-electron chi connectivity index (χ1n) is 13.0. The Kier molecular flexibility index (Phi) is 35.1. The number of aliphatic hydroxyl groups excluding tert-OH is 1. The molecule has 17 heteroatoms. The summed E-state index contributed by atoms with van der Waals surface area (Å²) in [5.74, 6) is -3.89. The average Bonchev–Trinajstić information content (AvgIpc) is 2.84. The minimum atomic E-state index is -1.21. The van der Waals surface area contributed by atoms with Crippen molar-refractivity contribution in [3.05, 3.63) is 10.1 Å². The number of nitrogens with one attached hydrogen (secondary N) is 1. The van der Waals surface area contributed by atoms with E-state index in [0.717, 1.165) is 0 Å². The normalized spacial score (nSPS) is 17.2. The SMILES string of the molecule is CC(C)[C@@H](C)C(=O)O.CC(C)[C@@H](N)C(=O)O.CC(C)[C@@H](O)C(=O)O.CC(C)[C@H]1OC(=O)[C@@H](C(C)C)OC1=O.O.O=[NH+][O-].[H+].[Na+]. The predicted molar refractivity (Wildman–Crippen MR) is 152 cm³/mol. The average molecular weight is 641 g/mol. The first-order valence-corrected chi connectivity index (χ1v) is 13.0. The molecule has 0 unspecified atom stereocenters. The van der Waals surface area contributed by atoms with Gasteiger partial charge in [0.2, 0.25) is 12.2 Å². The first kappa shape index (κ1) is 53.2. The number of esters is 2. The van der Waals surface area contributed by atoms with Gasteiger partial charge in [-0.3, -0.25) is 19.7 Å². The van der Waals surface area contributed by atoms with E-state index in [2.05, 4.69) is 0 Å². The summed E-state index contributed by atoms with van der Waals surface area (Å²) >= 11 is 0. The minimum Gasteiger partial charge on any atom is -0.481 e. The fourth-order valence-electron chi connectivity index (χ4n) is 2.15. The molecule has 0 saturated carbocycles. The van der Waals surface area contributed by atoms with Gasteiger partial charge < -0.3 is 41.1 Å². The number of ether oxygens (including phenoxy) is 2. The summed E-state index contributed by atoms with van der Waals surface area (Å²) in [5, 5.41) is 41.7. The van der Waals surface area contributed by atoms with Crippen LogP contribution in [0.1, 0.15) is 77.6 Å². The van der Waals surface area contributed by atoms with Gasteiger partial charge in [0, 0.05) is 17.2 Å². The number of aliphatic carboxylic acids is 3. The van der Waals surface area contributed by atoms with Crippen LogP contribution in [0.4, 0.5) is 0 Å². The molecule has 0 aliphatic carbocycles. The van der Waals surface area contributed by atoms with Crippen molar-refractivity contribution in [2.24, 2.45) is 41.2 Å². The zero-order valence-corrected chi connectivity index (χ0v) is 29.3. The van der Waals surface area contributed by atoms with Gasteiger partial charge in [-0.05, 0) is 17.8 Å². The van der Waals surface area contributed by atoms with Crippen LogP contribution in [0.15, 0.2) is 0 Å². The second-order valence-electron chi connectivity index (χ2n) is 10.8. The second-order valence-corrected chi connectivity index (χ2v) is 10.8. The molecule has 0 aromatic carbocycles. The van der Waals surface area contributed by atoms with Crippen molar-refractivity contribution in [3.8, 4) is 0 Å². The van der Waals surface area contributed by atoms with Gasteiger partial charge in [-0.2, -0.15) is 0 Å². The van der Waals surface area contributed by atoms with Crippen molar-refractivity contribution in [2.75, 3.05) is 0 Å². The number of aliphatic hydroxyl groups is 1. The molecule has 0 bridgehead atoms. The third kappa shape index (κ3) is 27.0. The molecule has 0 aromatic rings. The zero-order chi connectivity index (χ0) is 33.8. The van der Waals surface area contributed by atoms with E-state index in [0.29, 0.717) is 0 Å². The summed E-state index contributed by atoms with van der Waals surface area (Å²) in [7, 11) is 0. The largest absolute Gasteiger partial charge is 1.00 e. The summed E-state index contributed by atoms with van der Waals surface area (Å²) in [6.45, 7) is 19.6. The molecule has 0 amide bonds. The molecule has 43 heavy (non-hydrogen) atoms. The van der Waals surface area contributed by atoms with Crippen molar-refractivity contribution in [2.45, 2.75) is 101 Å². The van der Waals surface area contributed by atoms with Gasteiger partial charge >= 0.3 is 60.8 Å².